The van der Waals surface area contributed by atoms with Crippen molar-refractivity contribution < 1.29 is 4.79 Å². The quantitative estimate of drug-likeness (QED) is 0.817. The van der Waals surface area contributed by atoms with Crippen molar-refractivity contribution in [3.8, 4) is 6.07 Å². The Kier molecular flexibility index (Phi) is 4.94. The molecule has 4 rings (SSSR count). The zero-order chi connectivity index (χ0) is 17.9. The Morgan fingerprint density at radius 2 is 2.00 bits per heavy atom. The third-order valence-corrected chi connectivity index (χ3v) is 6.14. The predicted octanol–water partition coefficient (Wildman–Crippen LogP) is 3.94. The molecule has 0 saturated heterocycles. The number of nitrogens with zero attached hydrogens (tertiary/aromatic N) is 2. The second kappa shape index (κ2) is 7.51. The van der Waals surface area contributed by atoms with Gasteiger partial charge in [0.1, 0.15) is 16.3 Å². The molecule has 0 bridgehead atoms. The highest BCUT2D eigenvalue weighted by Crippen LogP contribution is 2.38. The van der Waals surface area contributed by atoms with Gasteiger partial charge in [0, 0.05) is 11.7 Å². The number of aryl methyl sites for hydroxylation is 2. The van der Waals surface area contributed by atoms with Gasteiger partial charge >= 0.3 is 0 Å². The standard InChI is InChI=1S/C21H21N3OS/c22-13-16-12-15-8-4-5-9-18(15)24-21(16)26-19(14-6-2-1-3-7-14)20(25)23-17-10-11-17/h1-3,6-7,12,17,19H,4-5,8-11H2,(H,23,25)/t19-/m1/s1. The minimum atomic E-state index is -0.391. The molecule has 1 saturated carbocycles. The van der Waals surface area contributed by atoms with Gasteiger partial charge in [0.15, 0.2) is 0 Å². The summed E-state index contributed by atoms with van der Waals surface area (Å²) in [5.41, 5.74) is 3.80. The molecule has 0 radical (unpaired) electrons. The SMILES string of the molecule is N#Cc1cc2c(nc1S[C@@H](C(=O)NC1CC1)c1ccccc1)CCCC2. The summed E-state index contributed by atoms with van der Waals surface area (Å²) < 4.78 is 0. The van der Waals surface area contributed by atoms with Crippen molar-refractivity contribution in [2.24, 2.45) is 0 Å². The average molecular weight is 363 g/mol. The van der Waals surface area contributed by atoms with E-state index >= 15 is 0 Å². The lowest BCUT2D eigenvalue weighted by Crippen LogP contribution is -2.29. The summed E-state index contributed by atoms with van der Waals surface area (Å²) in [7, 11) is 0. The Hall–Kier alpha value is -2.32. The van der Waals surface area contributed by atoms with Crippen molar-refractivity contribution in [3.05, 3.63) is 58.8 Å². The van der Waals surface area contributed by atoms with Gasteiger partial charge in [-0.1, -0.05) is 42.1 Å². The highest BCUT2D eigenvalue weighted by atomic mass is 32.2. The van der Waals surface area contributed by atoms with E-state index in [1.54, 1.807) is 0 Å². The van der Waals surface area contributed by atoms with Gasteiger partial charge < -0.3 is 5.32 Å². The number of carbonyl (C=O) groups is 1. The lowest BCUT2D eigenvalue weighted by molar-refractivity contribution is -0.120. The Morgan fingerprint density at radius 3 is 2.73 bits per heavy atom. The van der Waals surface area contributed by atoms with Crippen molar-refractivity contribution in [2.75, 3.05) is 0 Å². The molecule has 1 aromatic heterocycles. The van der Waals surface area contributed by atoms with Crippen molar-refractivity contribution in [1.29, 1.82) is 5.26 Å². The molecule has 2 aromatic rings. The second-order valence-electron chi connectivity index (χ2n) is 6.96. The maximum absolute atomic E-state index is 12.8. The summed E-state index contributed by atoms with van der Waals surface area (Å²) in [6.07, 6.45) is 6.35. The van der Waals surface area contributed by atoms with Crippen LogP contribution in [0.15, 0.2) is 41.4 Å². The summed E-state index contributed by atoms with van der Waals surface area (Å²) in [6.45, 7) is 0. The van der Waals surface area contributed by atoms with Gasteiger partial charge in [-0.05, 0) is 55.7 Å². The molecule has 1 atom stereocenters. The fraction of sp³-hybridized carbons (Fsp3) is 0.381. The molecule has 2 aliphatic carbocycles. The van der Waals surface area contributed by atoms with Crippen LogP contribution in [0.3, 0.4) is 0 Å². The van der Waals surface area contributed by atoms with E-state index in [9.17, 15) is 10.1 Å². The number of carbonyl (C=O) groups excluding carboxylic acids is 1. The zero-order valence-corrected chi connectivity index (χ0v) is 15.4. The number of fused-ring (bicyclic) bond motifs is 1. The molecule has 1 aromatic carbocycles. The van der Waals surface area contributed by atoms with E-state index in [0.717, 1.165) is 49.8 Å². The van der Waals surface area contributed by atoms with Crippen molar-refractivity contribution in [3.63, 3.8) is 0 Å². The van der Waals surface area contributed by atoms with E-state index in [0.29, 0.717) is 16.6 Å². The molecular formula is C21H21N3OS. The highest BCUT2D eigenvalue weighted by molar-refractivity contribution is 8.00. The van der Waals surface area contributed by atoms with Crippen LogP contribution < -0.4 is 5.32 Å². The summed E-state index contributed by atoms with van der Waals surface area (Å²) in [4.78, 5) is 17.6. The van der Waals surface area contributed by atoms with Crippen LogP contribution in [0, 0.1) is 11.3 Å². The van der Waals surface area contributed by atoms with Gasteiger partial charge in [0.25, 0.3) is 0 Å². The minimum Gasteiger partial charge on any atom is -0.352 e. The first kappa shape index (κ1) is 17.1. The number of aromatic nitrogens is 1. The van der Waals surface area contributed by atoms with Crippen LogP contribution in [0.25, 0.3) is 0 Å². The van der Waals surface area contributed by atoms with Crippen LogP contribution >= 0.6 is 11.8 Å². The largest absolute Gasteiger partial charge is 0.352 e. The normalized spacial score (nSPS) is 17.0. The number of nitrogens with one attached hydrogen (secondary N) is 1. The smallest absolute Gasteiger partial charge is 0.238 e. The van der Waals surface area contributed by atoms with Gasteiger partial charge in [-0.3, -0.25) is 4.79 Å². The molecule has 2 aliphatic rings. The van der Waals surface area contributed by atoms with Crippen molar-refractivity contribution in [1.82, 2.24) is 10.3 Å². The summed E-state index contributed by atoms with van der Waals surface area (Å²) in [6, 6.07) is 14.3. The van der Waals surface area contributed by atoms with Gasteiger partial charge in [-0.15, -0.1) is 0 Å². The molecule has 132 valence electrons. The van der Waals surface area contributed by atoms with Crippen LogP contribution in [0.4, 0.5) is 0 Å². The Balaban J connectivity index is 1.66. The molecule has 1 N–H and O–H groups in total. The van der Waals surface area contributed by atoms with E-state index in [4.69, 9.17) is 4.98 Å². The number of hydrogen-bond acceptors (Lipinski definition) is 4. The van der Waals surface area contributed by atoms with Crippen molar-refractivity contribution >= 4 is 17.7 Å². The first-order valence-electron chi connectivity index (χ1n) is 9.19. The summed E-state index contributed by atoms with van der Waals surface area (Å²) in [5, 5.41) is 13.0. The number of pyridine rings is 1. The highest BCUT2D eigenvalue weighted by Gasteiger charge is 2.30. The molecule has 0 aliphatic heterocycles. The lowest BCUT2D eigenvalue weighted by Gasteiger charge is -2.20. The van der Waals surface area contributed by atoms with E-state index in [-0.39, 0.29) is 5.91 Å². The molecular weight excluding hydrogens is 342 g/mol. The van der Waals surface area contributed by atoms with Gasteiger partial charge in [-0.2, -0.15) is 5.26 Å². The third kappa shape index (κ3) is 3.76. The monoisotopic (exact) mass is 363 g/mol. The fourth-order valence-electron chi connectivity index (χ4n) is 3.30. The topological polar surface area (TPSA) is 65.8 Å². The molecule has 0 spiro atoms. The Morgan fingerprint density at radius 1 is 1.23 bits per heavy atom. The molecule has 1 amide bonds. The molecule has 1 fully saturated rings. The first-order valence-corrected chi connectivity index (χ1v) is 10.1. The van der Waals surface area contributed by atoms with Crippen LogP contribution in [0.2, 0.25) is 0 Å². The van der Waals surface area contributed by atoms with Gasteiger partial charge in [0.05, 0.1) is 5.56 Å². The Bertz CT molecular complexity index is 856. The Labute approximate surface area is 158 Å². The van der Waals surface area contributed by atoms with Crippen LogP contribution in [0.5, 0.6) is 0 Å². The van der Waals surface area contributed by atoms with Crippen LogP contribution in [0.1, 0.15) is 53.3 Å². The first-order chi connectivity index (χ1) is 12.7. The number of amides is 1. The second-order valence-corrected chi connectivity index (χ2v) is 8.05. The van der Waals surface area contributed by atoms with E-state index in [1.165, 1.54) is 17.3 Å². The molecule has 5 heteroatoms. The number of nitriles is 1. The average Bonchev–Trinajstić information content (AvgIpc) is 3.50. The number of benzene rings is 1. The maximum atomic E-state index is 12.8. The van der Waals surface area contributed by atoms with Crippen LogP contribution in [-0.4, -0.2) is 16.9 Å². The lowest BCUT2D eigenvalue weighted by atomic mass is 9.95. The van der Waals surface area contributed by atoms with Crippen LogP contribution in [-0.2, 0) is 17.6 Å². The third-order valence-electron chi connectivity index (χ3n) is 4.88. The summed E-state index contributed by atoms with van der Waals surface area (Å²) >= 11 is 1.40. The number of hydrogen-bond donors (Lipinski definition) is 1. The van der Waals surface area contributed by atoms with Gasteiger partial charge in [0.2, 0.25) is 5.91 Å². The van der Waals surface area contributed by atoms with Crippen molar-refractivity contribution in [2.45, 2.75) is 54.8 Å². The van der Waals surface area contributed by atoms with E-state index < -0.39 is 5.25 Å². The molecule has 4 nitrogen and oxygen atoms in total. The molecule has 1 heterocycles. The fourth-order valence-corrected chi connectivity index (χ4v) is 4.39. The van der Waals surface area contributed by atoms with E-state index in [1.807, 2.05) is 36.4 Å². The summed E-state index contributed by atoms with van der Waals surface area (Å²) in [5.74, 6) is 0.00658. The van der Waals surface area contributed by atoms with Gasteiger partial charge in [-0.25, -0.2) is 4.98 Å². The molecule has 26 heavy (non-hydrogen) atoms. The number of rotatable bonds is 5. The maximum Gasteiger partial charge on any atom is 0.238 e. The molecule has 0 unspecified atom stereocenters. The minimum absolute atomic E-state index is 0.00658. The zero-order valence-electron chi connectivity index (χ0n) is 14.6. The number of thioether (sulfide) groups is 1. The van der Waals surface area contributed by atoms with E-state index in [2.05, 4.69) is 11.4 Å². The predicted molar refractivity (Wildman–Crippen MR) is 102 cm³/mol.